The van der Waals surface area contributed by atoms with E-state index in [1.165, 1.54) is 12.1 Å². The predicted molar refractivity (Wildman–Crippen MR) is 101 cm³/mol. The molecule has 0 fully saturated rings. The quantitative estimate of drug-likeness (QED) is 0.629. The maximum absolute atomic E-state index is 12.9. The lowest BCUT2D eigenvalue weighted by molar-refractivity contribution is -0.383. The molecule has 1 heterocycles. The van der Waals surface area contributed by atoms with Crippen molar-refractivity contribution in [2.75, 3.05) is 5.32 Å². The number of hydrogen-bond acceptors (Lipinski definition) is 5. The van der Waals surface area contributed by atoms with Crippen LogP contribution in [0.4, 0.5) is 11.4 Å². The second-order valence-electron chi connectivity index (χ2n) is 7.09. The number of phenols is 1. The zero-order valence-electron chi connectivity index (χ0n) is 15.8. The first kappa shape index (κ1) is 18.7. The van der Waals surface area contributed by atoms with E-state index in [0.717, 1.165) is 22.3 Å². The summed E-state index contributed by atoms with van der Waals surface area (Å²) in [6, 6.07) is 6.01. The Morgan fingerprint density at radius 2 is 1.89 bits per heavy atom. The van der Waals surface area contributed by atoms with Crippen molar-refractivity contribution in [1.29, 1.82) is 0 Å². The molecule has 142 valence electrons. The second-order valence-corrected chi connectivity index (χ2v) is 7.09. The number of phenolic OH excluding ortho intramolecular Hbond substituents is 1. The lowest BCUT2D eigenvalue weighted by Gasteiger charge is -2.36. The summed E-state index contributed by atoms with van der Waals surface area (Å²) in [7, 11) is 0. The van der Waals surface area contributed by atoms with Crippen LogP contribution in [0.1, 0.15) is 35.6 Å². The number of anilines is 1. The molecule has 0 saturated carbocycles. The van der Waals surface area contributed by atoms with Gasteiger partial charge in [-0.3, -0.25) is 14.9 Å². The first-order valence-electron chi connectivity index (χ1n) is 8.71. The van der Waals surface area contributed by atoms with E-state index in [2.05, 4.69) is 5.32 Å². The lowest BCUT2D eigenvalue weighted by atomic mass is 9.86. The van der Waals surface area contributed by atoms with Gasteiger partial charge in [0.05, 0.1) is 4.92 Å². The first-order valence-corrected chi connectivity index (χ1v) is 8.71. The lowest BCUT2D eigenvalue weighted by Crippen LogP contribution is -2.48. The number of nitrogens with one attached hydrogen (secondary N) is 1. The van der Waals surface area contributed by atoms with Gasteiger partial charge in [0, 0.05) is 18.1 Å². The van der Waals surface area contributed by atoms with Crippen molar-refractivity contribution in [2.24, 2.45) is 0 Å². The Hall–Kier alpha value is -3.09. The standard InChI is InChI=1S/C20H22N2O5/c1-11-12(2)18-14(13(3)17(11)23)9-10-20(4,27-18)19(24)21-15-7-5-6-8-16(15)22(25)26/h5-8,23H,9-10H2,1-4H3,(H,21,24). The Kier molecular flexibility index (Phi) is 4.55. The molecule has 7 heteroatoms. The van der Waals surface area contributed by atoms with Crippen molar-refractivity contribution < 1.29 is 19.6 Å². The average Bonchev–Trinajstić information content (AvgIpc) is 2.64. The number of aromatic hydroxyl groups is 1. The molecular weight excluding hydrogens is 348 g/mol. The van der Waals surface area contributed by atoms with Gasteiger partial charge >= 0.3 is 0 Å². The number of carbonyl (C=O) groups excluding carboxylic acids is 1. The third kappa shape index (κ3) is 3.09. The molecule has 0 aromatic heterocycles. The van der Waals surface area contributed by atoms with Crippen molar-refractivity contribution in [3.05, 3.63) is 56.6 Å². The number of ether oxygens (including phenoxy) is 1. The van der Waals surface area contributed by atoms with E-state index in [1.807, 2.05) is 13.8 Å². The fourth-order valence-corrected chi connectivity index (χ4v) is 3.40. The fourth-order valence-electron chi connectivity index (χ4n) is 3.40. The molecular formula is C20H22N2O5. The van der Waals surface area contributed by atoms with E-state index in [-0.39, 0.29) is 17.1 Å². The van der Waals surface area contributed by atoms with Gasteiger partial charge < -0.3 is 15.2 Å². The highest BCUT2D eigenvalue weighted by Crippen LogP contribution is 2.43. The van der Waals surface area contributed by atoms with Crippen molar-refractivity contribution in [3.8, 4) is 11.5 Å². The fraction of sp³-hybridized carbons (Fsp3) is 0.350. The number of amides is 1. The number of para-hydroxylation sites is 2. The van der Waals surface area contributed by atoms with Crippen LogP contribution < -0.4 is 10.1 Å². The van der Waals surface area contributed by atoms with Gasteiger partial charge in [-0.15, -0.1) is 0 Å². The topological polar surface area (TPSA) is 102 Å². The number of hydrogen-bond donors (Lipinski definition) is 2. The summed E-state index contributed by atoms with van der Waals surface area (Å²) in [6.07, 6.45) is 0.964. The van der Waals surface area contributed by atoms with E-state index < -0.39 is 16.4 Å². The van der Waals surface area contributed by atoms with Crippen molar-refractivity contribution in [2.45, 2.75) is 46.1 Å². The van der Waals surface area contributed by atoms with Crippen molar-refractivity contribution in [1.82, 2.24) is 0 Å². The molecule has 2 aromatic rings. The third-order valence-electron chi connectivity index (χ3n) is 5.35. The molecule has 0 spiro atoms. The minimum absolute atomic E-state index is 0.137. The molecule has 1 aliphatic heterocycles. The molecule has 1 aliphatic rings. The highest BCUT2D eigenvalue weighted by molar-refractivity contribution is 5.99. The van der Waals surface area contributed by atoms with Gasteiger partial charge in [-0.2, -0.15) is 0 Å². The summed E-state index contributed by atoms with van der Waals surface area (Å²) in [5, 5.41) is 24.1. The minimum atomic E-state index is -1.17. The van der Waals surface area contributed by atoms with Crippen LogP contribution >= 0.6 is 0 Å². The maximum atomic E-state index is 12.9. The number of fused-ring (bicyclic) bond motifs is 1. The molecule has 2 N–H and O–H groups in total. The minimum Gasteiger partial charge on any atom is -0.507 e. The van der Waals surface area contributed by atoms with Crippen molar-refractivity contribution >= 4 is 17.3 Å². The third-order valence-corrected chi connectivity index (χ3v) is 5.35. The smallest absolute Gasteiger partial charge is 0.292 e. The summed E-state index contributed by atoms with van der Waals surface area (Å²) in [5.74, 6) is 0.419. The molecule has 2 aromatic carbocycles. The Balaban J connectivity index is 1.93. The Labute approximate surface area is 157 Å². The van der Waals surface area contributed by atoms with E-state index in [4.69, 9.17) is 4.74 Å². The second kappa shape index (κ2) is 6.57. The molecule has 27 heavy (non-hydrogen) atoms. The van der Waals surface area contributed by atoms with E-state index >= 15 is 0 Å². The first-order chi connectivity index (χ1) is 12.7. The Morgan fingerprint density at radius 1 is 1.22 bits per heavy atom. The maximum Gasteiger partial charge on any atom is 0.292 e. The molecule has 0 saturated heterocycles. The van der Waals surface area contributed by atoms with Gasteiger partial charge in [-0.1, -0.05) is 12.1 Å². The number of carbonyl (C=O) groups is 1. The van der Waals surface area contributed by atoms with Crippen LogP contribution in [0.3, 0.4) is 0 Å². The largest absolute Gasteiger partial charge is 0.507 e. The highest BCUT2D eigenvalue weighted by Gasteiger charge is 2.41. The number of nitro groups is 1. The molecule has 3 rings (SSSR count). The van der Waals surface area contributed by atoms with Crippen LogP contribution in [-0.2, 0) is 11.2 Å². The summed E-state index contributed by atoms with van der Waals surface area (Å²) < 4.78 is 6.11. The zero-order chi connectivity index (χ0) is 19.9. The molecule has 1 unspecified atom stereocenters. The van der Waals surface area contributed by atoms with Gasteiger partial charge in [-0.25, -0.2) is 0 Å². The summed E-state index contributed by atoms with van der Waals surface area (Å²) in [6.45, 7) is 7.16. The molecule has 7 nitrogen and oxygen atoms in total. The van der Waals surface area contributed by atoms with E-state index in [9.17, 15) is 20.0 Å². The SMILES string of the molecule is Cc1c(C)c2c(c(C)c1O)CCC(C)(C(=O)Nc1ccccc1[N+](=O)[O-])O2. The van der Waals surface area contributed by atoms with E-state index in [0.29, 0.717) is 18.6 Å². The predicted octanol–water partition coefficient (Wildman–Crippen LogP) is 3.95. The van der Waals surface area contributed by atoms with Gasteiger partial charge in [-0.05, 0) is 56.9 Å². The van der Waals surface area contributed by atoms with Crippen LogP contribution in [0, 0.1) is 30.9 Å². The normalized spacial score (nSPS) is 18.4. The number of benzene rings is 2. The van der Waals surface area contributed by atoms with Crippen LogP contribution in [0.5, 0.6) is 11.5 Å². The Morgan fingerprint density at radius 3 is 2.56 bits per heavy atom. The number of nitro benzene ring substituents is 1. The molecule has 0 radical (unpaired) electrons. The zero-order valence-corrected chi connectivity index (χ0v) is 15.8. The van der Waals surface area contributed by atoms with Crippen molar-refractivity contribution in [3.63, 3.8) is 0 Å². The molecule has 0 bridgehead atoms. The average molecular weight is 370 g/mol. The monoisotopic (exact) mass is 370 g/mol. The van der Waals surface area contributed by atoms with Gasteiger partial charge in [0.15, 0.2) is 5.60 Å². The number of nitrogens with zero attached hydrogens (tertiary/aromatic N) is 1. The number of rotatable bonds is 3. The van der Waals surface area contributed by atoms with Gasteiger partial charge in [0.1, 0.15) is 17.2 Å². The summed E-state index contributed by atoms with van der Waals surface area (Å²) >= 11 is 0. The van der Waals surface area contributed by atoms with Crippen LogP contribution in [0.25, 0.3) is 0 Å². The molecule has 1 amide bonds. The van der Waals surface area contributed by atoms with Gasteiger partial charge in [0.2, 0.25) is 0 Å². The summed E-state index contributed by atoms with van der Waals surface area (Å²) in [4.78, 5) is 23.6. The highest BCUT2D eigenvalue weighted by atomic mass is 16.6. The molecule has 0 aliphatic carbocycles. The molecule has 1 atom stereocenters. The Bertz CT molecular complexity index is 954. The van der Waals surface area contributed by atoms with Crippen LogP contribution in [-0.4, -0.2) is 21.5 Å². The van der Waals surface area contributed by atoms with E-state index in [1.54, 1.807) is 26.0 Å². The van der Waals surface area contributed by atoms with Crippen LogP contribution in [0.15, 0.2) is 24.3 Å². The van der Waals surface area contributed by atoms with Gasteiger partial charge in [0.25, 0.3) is 11.6 Å². The van der Waals surface area contributed by atoms with Crippen LogP contribution in [0.2, 0.25) is 0 Å². The summed E-state index contributed by atoms with van der Waals surface area (Å²) in [5.41, 5.74) is 1.96.